The fourth-order valence-corrected chi connectivity index (χ4v) is 4.87. The summed E-state index contributed by atoms with van der Waals surface area (Å²) in [5.41, 5.74) is -5.14. The number of alkyl halides is 4. The highest BCUT2D eigenvalue weighted by Gasteiger charge is 2.40. The van der Waals surface area contributed by atoms with E-state index in [9.17, 15) is 22.4 Å². The molecule has 0 aromatic heterocycles. The molecule has 1 aliphatic heterocycles. The van der Waals surface area contributed by atoms with Gasteiger partial charge in [0.1, 0.15) is 23.1 Å². The molecule has 0 radical (unpaired) electrons. The molecule has 4 nitrogen and oxygen atoms in total. The molecule has 1 heterocycles. The summed E-state index contributed by atoms with van der Waals surface area (Å²) < 4.78 is 93.3. The van der Waals surface area contributed by atoms with Gasteiger partial charge in [0.25, 0.3) is 0 Å². The molecule has 1 aliphatic rings. The summed E-state index contributed by atoms with van der Waals surface area (Å²) in [6.45, 7) is 5.91. The molecule has 202 valence electrons. The first-order valence-electron chi connectivity index (χ1n) is 11.4. The highest BCUT2D eigenvalue weighted by Crippen LogP contribution is 2.45. The van der Waals surface area contributed by atoms with Crippen LogP contribution in [0, 0.1) is 18.6 Å². The lowest BCUT2D eigenvalue weighted by Gasteiger charge is -2.44. The number of hydrogen-bond acceptors (Lipinski definition) is 5. The van der Waals surface area contributed by atoms with E-state index in [4.69, 9.17) is 4.18 Å². The summed E-state index contributed by atoms with van der Waals surface area (Å²) in [4.78, 5) is 13.0. The van der Waals surface area contributed by atoms with Crippen molar-refractivity contribution in [1.82, 2.24) is 4.90 Å². The van der Waals surface area contributed by atoms with Crippen molar-refractivity contribution in [1.29, 1.82) is 0 Å². The molecule has 0 aliphatic carbocycles. The van der Waals surface area contributed by atoms with Crippen molar-refractivity contribution in [2.24, 2.45) is 0 Å². The van der Waals surface area contributed by atoms with E-state index in [1.807, 2.05) is 0 Å². The zero-order chi connectivity index (χ0) is 27.7. The molecule has 2 aromatic rings. The lowest BCUT2D eigenvalue weighted by Crippen LogP contribution is -2.48. The van der Waals surface area contributed by atoms with Crippen molar-refractivity contribution < 1.29 is 40.1 Å². The van der Waals surface area contributed by atoms with Crippen LogP contribution in [0.15, 0.2) is 30.3 Å². The maximum atomic E-state index is 15.5. The van der Waals surface area contributed by atoms with Gasteiger partial charge in [-0.25, -0.2) is 18.0 Å². The maximum absolute atomic E-state index is 15.5. The number of benzene rings is 2. The zero-order valence-electron chi connectivity index (χ0n) is 20.9. The van der Waals surface area contributed by atoms with Gasteiger partial charge in [-0.3, -0.25) is 4.90 Å². The Hall–Kier alpha value is -2.66. The molecular formula is C26H27F6NO3S. The fourth-order valence-electron chi connectivity index (χ4n) is 4.51. The summed E-state index contributed by atoms with van der Waals surface area (Å²) in [5.74, 6) is -2.55. The molecule has 2 atom stereocenters. The van der Waals surface area contributed by atoms with Gasteiger partial charge in [-0.1, -0.05) is 6.07 Å². The van der Waals surface area contributed by atoms with Gasteiger partial charge >= 0.3 is 11.5 Å². The van der Waals surface area contributed by atoms with Gasteiger partial charge in [0.2, 0.25) is 0 Å². The molecule has 0 amide bonds. The largest absolute Gasteiger partial charge is 0.479 e. The molecule has 0 fully saturated rings. The predicted octanol–water partition coefficient (Wildman–Crippen LogP) is 7.09. The van der Waals surface area contributed by atoms with Gasteiger partial charge in [0, 0.05) is 24.2 Å². The first-order chi connectivity index (χ1) is 17.1. The van der Waals surface area contributed by atoms with Gasteiger partial charge in [-0.2, -0.15) is 13.2 Å². The Bertz CT molecular complexity index is 1170. The standard InChI is InChI=1S/C26H27F6NO3S/c1-14-10-18-15(2)21(36-37-26(30,31)32)8-7-17(18)24(33(14)13-25(3,4)29)23-19(27)11-16(12-20(23)28)6-9-22(34)35-5/h6-9,11-12,14,24H,10,13H2,1-5H3/b9-6+. The fraction of sp³-hybridized carbons (Fsp3) is 0.423. The first-order valence-corrected chi connectivity index (χ1v) is 12.1. The topological polar surface area (TPSA) is 38.8 Å². The number of nitrogens with zero attached hydrogens (tertiary/aromatic N) is 1. The van der Waals surface area contributed by atoms with Crippen molar-refractivity contribution in [2.75, 3.05) is 13.7 Å². The minimum Gasteiger partial charge on any atom is -0.466 e. The molecule has 0 bridgehead atoms. The molecule has 3 rings (SSSR count). The molecule has 0 spiro atoms. The average Bonchev–Trinajstić information content (AvgIpc) is 2.77. The van der Waals surface area contributed by atoms with Crippen molar-refractivity contribution in [2.45, 2.75) is 57.4 Å². The number of esters is 1. The van der Waals surface area contributed by atoms with E-state index in [0.29, 0.717) is 23.1 Å². The van der Waals surface area contributed by atoms with Crippen LogP contribution in [-0.4, -0.2) is 41.7 Å². The molecular weight excluding hydrogens is 520 g/mol. The van der Waals surface area contributed by atoms with Crippen LogP contribution in [0.25, 0.3) is 6.08 Å². The van der Waals surface area contributed by atoms with Crippen LogP contribution in [0.4, 0.5) is 26.3 Å². The first kappa shape index (κ1) is 28.9. The Morgan fingerprint density at radius 3 is 2.32 bits per heavy atom. The Balaban J connectivity index is 2.15. The molecule has 0 saturated carbocycles. The summed E-state index contributed by atoms with van der Waals surface area (Å²) >= 11 is -0.647. The van der Waals surface area contributed by atoms with Crippen LogP contribution in [-0.2, 0) is 16.0 Å². The molecule has 37 heavy (non-hydrogen) atoms. The summed E-state index contributed by atoms with van der Waals surface area (Å²) in [5, 5.41) is 0. The van der Waals surface area contributed by atoms with E-state index < -0.39 is 52.9 Å². The maximum Gasteiger partial charge on any atom is 0.479 e. The van der Waals surface area contributed by atoms with E-state index in [-0.39, 0.29) is 23.4 Å². The number of hydrogen-bond donors (Lipinski definition) is 0. The van der Waals surface area contributed by atoms with E-state index in [1.54, 1.807) is 18.7 Å². The van der Waals surface area contributed by atoms with Crippen LogP contribution in [0.3, 0.4) is 0 Å². The average molecular weight is 548 g/mol. The lowest BCUT2D eigenvalue weighted by molar-refractivity contribution is -0.134. The Morgan fingerprint density at radius 2 is 1.78 bits per heavy atom. The number of rotatable bonds is 7. The van der Waals surface area contributed by atoms with Crippen LogP contribution >= 0.6 is 12.0 Å². The van der Waals surface area contributed by atoms with Gasteiger partial charge in [0.05, 0.1) is 13.2 Å². The molecule has 2 unspecified atom stereocenters. The van der Waals surface area contributed by atoms with E-state index in [2.05, 4.69) is 4.74 Å². The van der Waals surface area contributed by atoms with E-state index >= 15 is 8.78 Å². The van der Waals surface area contributed by atoms with Crippen LogP contribution in [0.2, 0.25) is 0 Å². The summed E-state index contributed by atoms with van der Waals surface area (Å²) in [7, 11) is 1.17. The third-order valence-corrected chi connectivity index (χ3v) is 6.50. The number of carbonyl (C=O) groups excluding carboxylic acids is 1. The Labute approximate surface area is 215 Å². The molecule has 0 saturated heterocycles. The van der Waals surface area contributed by atoms with Crippen molar-refractivity contribution in [3.8, 4) is 5.75 Å². The second kappa shape index (κ2) is 11.0. The van der Waals surface area contributed by atoms with Crippen LogP contribution < -0.4 is 4.18 Å². The van der Waals surface area contributed by atoms with Gasteiger partial charge in [-0.05, 0) is 80.6 Å². The molecule has 2 aromatic carbocycles. The summed E-state index contributed by atoms with van der Waals surface area (Å²) in [6, 6.07) is 3.43. The van der Waals surface area contributed by atoms with Gasteiger partial charge in [-0.15, -0.1) is 0 Å². The van der Waals surface area contributed by atoms with Gasteiger partial charge < -0.3 is 8.92 Å². The number of fused-ring (bicyclic) bond motifs is 1. The van der Waals surface area contributed by atoms with Crippen molar-refractivity contribution in [3.05, 3.63) is 69.8 Å². The summed E-state index contributed by atoms with van der Waals surface area (Å²) in [6.07, 6.45) is 2.53. The Morgan fingerprint density at radius 1 is 1.16 bits per heavy atom. The van der Waals surface area contributed by atoms with E-state index in [1.165, 1.54) is 39.2 Å². The third-order valence-electron chi connectivity index (χ3n) is 6.05. The van der Waals surface area contributed by atoms with Crippen molar-refractivity contribution in [3.63, 3.8) is 0 Å². The third kappa shape index (κ3) is 7.01. The number of methoxy groups -OCH3 is 1. The Kier molecular flexibility index (Phi) is 8.58. The van der Waals surface area contributed by atoms with Crippen molar-refractivity contribution >= 4 is 24.1 Å². The number of halogens is 6. The second-order valence-electron chi connectivity index (χ2n) is 9.47. The highest BCUT2D eigenvalue weighted by atomic mass is 32.2. The number of carbonyl (C=O) groups is 1. The minimum atomic E-state index is -4.61. The minimum absolute atomic E-state index is 0.0180. The second-order valence-corrected chi connectivity index (χ2v) is 10.3. The lowest BCUT2D eigenvalue weighted by atomic mass is 9.81. The van der Waals surface area contributed by atoms with E-state index in [0.717, 1.165) is 18.2 Å². The molecule has 11 heteroatoms. The van der Waals surface area contributed by atoms with Crippen LogP contribution in [0.1, 0.15) is 54.6 Å². The SMILES string of the molecule is COC(=O)/C=C/c1cc(F)c(C2c3ccc(OSC(F)(F)F)c(C)c3CC(C)N2CC(C)(C)F)c(F)c1. The number of ether oxygens (including phenoxy) is 1. The highest BCUT2D eigenvalue weighted by molar-refractivity contribution is 7.95. The molecule has 0 N–H and O–H groups in total. The van der Waals surface area contributed by atoms with Gasteiger partial charge in [0.15, 0.2) is 12.0 Å². The quantitative estimate of drug-likeness (QED) is 0.160. The zero-order valence-corrected chi connectivity index (χ0v) is 21.7. The predicted molar refractivity (Wildman–Crippen MR) is 130 cm³/mol. The monoisotopic (exact) mass is 547 g/mol. The smallest absolute Gasteiger partial charge is 0.466 e. The van der Waals surface area contributed by atoms with Crippen LogP contribution in [0.5, 0.6) is 5.75 Å². The normalized spacial score (nSPS) is 18.7.